The second-order valence-electron chi connectivity index (χ2n) is 6.31. The van der Waals surface area contributed by atoms with Gasteiger partial charge in [0.25, 0.3) is 0 Å². The molecule has 1 aromatic carbocycles. The van der Waals surface area contributed by atoms with Gasteiger partial charge in [0, 0.05) is 4.47 Å². The summed E-state index contributed by atoms with van der Waals surface area (Å²) < 4.78 is 1.00. The molecule has 0 saturated heterocycles. The van der Waals surface area contributed by atoms with Gasteiger partial charge in [-0.15, -0.1) is 0 Å². The SMILES string of the molecule is CCCc1nc(C2=CC=CCC2)cnc1NC(=O)Cc1ccc(Br)cc1. The number of rotatable bonds is 6. The molecule has 0 fully saturated rings. The molecule has 0 unspecified atom stereocenters. The molecule has 3 rings (SSSR count). The molecule has 0 bridgehead atoms. The first kappa shape index (κ1) is 18.5. The molecule has 2 aromatic rings. The van der Waals surface area contributed by atoms with E-state index in [1.54, 1.807) is 6.20 Å². The van der Waals surface area contributed by atoms with Crippen molar-refractivity contribution in [2.45, 2.75) is 39.0 Å². The van der Waals surface area contributed by atoms with Crippen LogP contribution in [-0.4, -0.2) is 15.9 Å². The number of nitrogens with zero attached hydrogens (tertiary/aromatic N) is 2. The van der Waals surface area contributed by atoms with Gasteiger partial charge >= 0.3 is 0 Å². The van der Waals surface area contributed by atoms with E-state index in [-0.39, 0.29) is 5.91 Å². The maximum Gasteiger partial charge on any atom is 0.229 e. The fourth-order valence-electron chi connectivity index (χ4n) is 2.88. The summed E-state index contributed by atoms with van der Waals surface area (Å²) in [7, 11) is 0. The smallest absolute Gasteiger partial charge is 0.229 e. The Morgan fingerprint density at radius 1 is 1.27 bits per heavy atom. The van der Waals surface area contributed by atoms with Crippen molar-refractivity contribution in [1.29, 1.82) is 0 Å². The van der Waals surface area contributed by atoms with Gasteiger partial charge in [0.2, 0.25) is 5.91 Å². The van der Waals surface area contributed by atoms with Crippen LogP contribution in [0.4, 0.5) is 5.82 Å². The van der Waals surface area contributed by atoms with Crippen molar-refractivity contribution in [1.82, 2.24) is 9.97 Å². The Hall–Kier alpha value is -2.27. The minimum atomic E-state index is -0.0773. The van der Waals surface area contributed by atoms with Crippen molar-refractivity contribution in [2.75, 3.05) is 5.32 Å². The van der Waals surface area contributed by atoms with E-state index in [9.17, 15) is 4.79 Å². The van der Waals surface area contributed by atoms with E-state index in [1.807, 2.05) is 24.3 Å². The average molecular weight is 412 g/mol. The fraction of sp³-hybridized carbons (Fsp3) is 0.286. The second-order valence-corrected chi connectivity index (χ2v) is 7.23. The van der Waals surface area contributed by atoms with Gasteiger partial charge in [-0.1, -0.05) is 59.6 Å². The molecule has 4 nitrogen and oxygen atoms in total. The third-order valence-electron chi connectivity index (χ3n) is 4.21. The summed E-state index contributed by atoms with van der Waals surface area (Å²) in [5.74, 6) is 0.496. The van der Waals surface area contributed by atoms with Crippen LogP contribution in [0.2, 0.25) is 0 Å². The van der Waals surface area contributed by atoms with E-state index in [0.717, 1.165) is 47.1 Å². The zero-order valence-electron chi connectivity index (χ0n) is 14.8. The standard InChI is InChI=1S/C21H22BrN3O/c1-2-6-18-21(23-14-19(24-18)16-7-4-3-5-8-16)25-20(26)13-15-9-11-17(22)12-10-15/h3-4,7,9-12,14H,2,5-6,8,13H2,1H3,(H,23,25,26). The van der Waals surface area contributed by atoms with Crippen molar-refractivity contribution in [2.24, 2.45) is 0 Å². The Kier molecular flexibility index (Phi) is 6.34. The molecular formula is C21H22BrN3O. The number of aromatic nitrogens is 2. The number of hydrogen-bond acceptors (Lipinski definition) is 3. The number of halogens is 1. The lowest BCUT2D eigenvalue weighted by Crippen LogP contribution is -2.17. The molecule has 1 N–H and O–H groups in total. The molecule has 26 heavy (non-hydrogen) atoms. The summed E-state index contributed by atoms with van der Waals surface area (Å²) >= 11 is 3.40. The monoisotopic (exact) mass is 411 g/mol. The highest BCUT2D eigenvalue weighted by Gasteiger charge is 2.13. The van der Waals surface area contributed by atoms with Crippen LogP contribution in [0.1, 0.15) is 43.1 Å². The largest absolute Gasteiger partial charge is 0.309 e. The normalized spacial score (nSPS) is 13.4. The van der Waals surface area contributed by atoms with Crippen LogP contribution in [0.5, 0.6) is 0 Å². The van der Waals surface area contributed by atoms with Gasteiger partial charge in [0.1, 0.15) is 0 Å². The summed E-state index contributed by atoms with van der Waals surface area (Å²) in [5, 5.41) is 2.93. The van der Waals surface area contributed by atoms with Gasteiger partial charge < -0.3 is 5.32 Å². The number of amides is 1. The predicted molar refractivity (Wildman–Crippen MR) is 109 cm³/mol. The van der Waals surface area contributed by atoms with E-state index < -0.39 is 0 Å². The van der Waals surface area contributed by atoms with Gasteiger partial charge in [-0.05, 0) is 42.5 Å². The molecule has 0 aliphatic heterocycles. The number of anilines is 1. The number of allylic oxidation sites excluding steroid dienone is 4. The maximum atomic E-state index is 12.4. The molecule has 5 heteroatoms. The van der Waals surface area contributed by atoms with Gasteiger partial charge in [0.05, 0.1) is 24.0 Å². The van der Waals surface area contributed by atoms with Crippen LogP contribution in [0.25, 0.3) is 5.57 Å². The van der Waals surface area contributed by atoms with Gasteiger partial charge in [-0.2, -0.15) is 0 Å². The predicted octanol–water partition coefficient (Wildman–Crippen LogP) is 5.11. The molecule has 134 valence electrons. The Morgan fingerprint density at radius 2 is 2.08 bits per heavy atom. The topological polar surface area (TPSA) is 54.9 Å². The van der Waals surface area contributed by atoms with Crippen LogP contribution in [0, 0.1) is 0 Å². The molecule has 0 spiro atoms. The summed E-state index contributed by atoms with van der Waals surface area (Å²) in [4.78, 5) is 21.7. The second kappa shape index (κ2) is 8.90. The minimum Gasteiger partial charge on any atom is -0.309 e. The van der Waals surface area contributed by atoms with E-state index in [4.69, 9.17) is 4.98 Å². The highest BCUT2D eigenvalue weighted by Crippen LogP contribution is 2.24. The van der Waals surface area contributed by atoms with E-state index in [0.29, 0.717) is 12.2 Å². The molecule has 1 aromatic heterocycles. The Morgan fingerprint density at radius 3 is 2.77 bits per heavy atom. The Bertz CT molecular complexity index is 841. The first-order valence-electron chi connectivity index (χ1n) is 8.92. The average Bonchev–Trinajstić information content (AvgIpc) is 2.66. The number of carbonyl (C=O) groups excluding carboxylic acids is 1. The maximum absolute atomic E-state index is 12.4. The number of carbonyl (C=O) groups is 1. The highest BCUT2D eigenvalue weighted by molar-refractivity contribution is 9.10. The Balaban J connectivity index is 1.75. The molecule has 0 radical (unpaired) electrons. The molecule has 0 saturated carbocycles. The van der Waals surface area contributed by atoms with Crippen LogP contribution >= 0.6 is 15.9 Å². The number of hydrogen-bond donors (Lipinski definition) is 1. The van der Waals surface area contributed by atoms with Crippen LogP contribution in [0.15, 0.2) is 53.2 Å². The van der Waals surface area contributed by atoms with Crippen molar-refractivity contribution in [3.63, 3.8) is 0 Å². The lowest BCUT2D eigenvalue weighted by molar-refractivity contribution is -0.115. The van der Waals surface area contributed by atoms with Crippen LogP contribution in [0.3, 0.4) is 0 Å². The number of nitrogens with one attached hydrogen (secondary N) is 1. The molecule has 1 aliphatic rings. The third-order valence-corrected chi connectivity index (χ3v) is 4.74. The van der Waals surface area contributed by atoms with E-state index in [2.05, 4.69) is 51.4 Å². The molecule has 1 amide bonds. The fourth-order valence-corrected chi connectivity index (χ4v) is 3.14. The summed E-state index contributed by atoms with van der Waals surface area (Å²) in [6, 6.07) is 7.75. The van der Waals surface area contributed by atoms with Crippen molar-refractivity contribution < 1.29 is 4.79 Å². The molecular weight excluding hydrogens is 390 g/mol. The summed E-state index contributed by atoms with van der Waals surface area (Å²) in [6.45, 7) is 2.10. The Labute approximate surface area is 162 Å². The highest BCUT2D eigenvalue weighted by atomic mass is 79.9. The van der Waals surface area contributed by atoms with Gasteiger partial charge in [0.15, 0.2) is 5.82 Å². The minimum absolute atomic E-state index is 0.0773. The van der Waals surface area contributed by atoms with Gasteiger partial charge in [-0.3, -0.25) is 4.79 Å². The lowest BCUT2D eigenvalue weighted by atomic mass is 10.0. The summed E-state index contributed by atoms with van der Waals surface area (Å²) in [6.07, 6.45) is 12.1. The molecule has 0 atom stereocenters. The first-order valence-corrected chi connectivity index (χ1v) is 9.71. The summed E-state index contributed by atoms with van der Waals surface area (Å²) in [5.41, 5.74) is 3.92. The van der Waals surface area contributed by atoms with E-state index >= 15 is 0 Å². The van der Waals surface area contributed by atoms with Crippen molar-refractivity contribution in [3.8, 4) is 0 Å². The molecule has 1 aliphatic carbocycles. The lowest BCUT2D eigenvalue weighted by Gasteiger charge is -2.13. The first-order chi connectivity index (χ1) is 12.7. The third kappa shape index (κ3) is 4.88. The zero-order valence-corrected chi connectivity index (χ0v) is 16.4. The van der Waals surface area contributed by atoms with E-state index in [1.165, 1.54) is 5.57 Å². The van der Waals surface area contributed by atoms with Gasteiger partial charge in [-0.25, -0.2) is 9.97 Å². The zero-order chi connectivity index (χ0) is 18.4. The van der Waals surface area contributed by atoms with Crippen LogP contribution < -0.4 is 5.32 Å². The number of benzene rings is 1. The quantitative estimate of drug-likeness (QED) is 0.718. The molecule has 1 heterocycles. The van der Waals surface area contributed by atoms with Crippen molar-refractivity contribution >= 4 is 33.2 Å². The van der Waals surface area contributed by atoms with Crippen molar-refractivity contribution in [3.05, 3.63) is 70.1 Å². The number of aryl methyl sites for hydroxylation is 1. The van der Waals surface area contributed by atoms with Crippen LogP contribution in [-0.2, 0) is 17.6 Å².